The molecule has 0 aliphatic carbocycles. The first kappa shape index (κ1) is 32.7. The maximum absolute atomic E-state index is 14.2. The lowest BCUT2D eigenvalue weighted by atomic mass is 9.81. The highest BCUT2D eigenvalue weighted by molar-refractivity contribution is 9.09. The van der Waals surface area contributed by atoms with Crippen LogP contribution >= 0.6 is 15.9 Å². The van der Waals surface area contributed by atoms with Crippen molar-refractivity contribution >= 4 is 40.9 Å². The van der Waals surface area contributed by atoms with E-state index in [0.29, 0.717) is 23.1 Å². The van der Waals surface area contributed by atoms with Crippen LogP contribution in [0.4, 0.5) is 19.1 Å². The molecule has 1 saturated heterocycles. The van der Waals surface area contributed by atoms with Crippen molar-refractivity contribution in [2.24, 2.45) is 5.41 Å². The number of H-pyrrole nitrogens is 1. The third kappa shape index (κ3) is 8.29. The Balaban J connectivity index is 1.39. The van der Waals surface area contributed by atoms with Crippen LogP contribution in [0.2, 0.25) is 25.7 Å². The van der Waals surface area contributed by atoms with Gasteiger partial charge in [-0.05, 0) is 35.1 Å². The fraction of sp³-hybridized carbons (Fsp3) is 0.455. The molecule has 0 amide bonds. The number of fused-ring (bicyclic) bond motifs is 1. The normalized spacial score (nSPS) is 18.4. The zero-order valence-electron chi connectivity index (χ0n) is 25.9. The smallest absolute Gasteiger partial charge is 0.362 e. The van der Waals surface area contributed by atoms with Crippen molar-refractivity contribution in [2.75, 3.05) is 25.0 Å². The van der Waals surface area contributed by atoms with E-state index in [2.05, 4.69) is 86.7 Å². The van der Waals surface area contributed by atoms with Crippen molar-refractivity contribution in [3.05, 3.63) is 77.6 Å². The Morgan fingerprint density at radius 1 is 1.16 bits per heavy atom. The van der Waals surface area contributed by atoms with Crippen molar-refractivity contribution in [1.82, 2.24) is 19.9 Å². The van der Waals surface area contributed by atoms with E-state index in [1.807, 2.05) is 36.4 Å². The summed E-state index contributed by atoms with van der Waals surface area (Å²) in [5, 5.41) is 3.72. The number of halogens is 4. The summed E-state index contributed by atoms with van der Waals surface area (Å²) >= 11 is 3.61. The first-order valence-electron chi connectivity index (χ1n) is 15.0. The van der Waals surface area contributed by atoms with Crippen LogP contribution in [0, 0.1) is 5.41 Å². The average molecular weight is 689 g/mol. The highest BCUT2D eigenvalue weighted by Crippen LogP contribution is 2.40. The van der Waals surface area contributed by atoms with Crippen molar-refractivity contribution in [2.45, 2.75) is 69.7 Å². The maximum Gasteiger partial charge on any atom is 0.419 e. The third-order valence-electron chi connectivity index (χ3n) is 7.94. The minimum Gasteiger partial charge on any atom is -0.362 e. The lowest BCUT2D eigenvalue weighted by Crippen LogP contribution is -2.49. The minimum absolute atomic E-state index is 0.0136. The number of benzene rings is 2. The summed E-state index contributed by atoms with van der Waals surface area (Å²) in [7, 11) is -1.23. The van der Waals surface area contributed by atoms with E-state index in [4.69, 9.17) is 4.74 Å². The van der Waals surface area contributed by atoms with Crippen LogP contribution in [0.15, 0.2) is 60.9 Å². The number of aromatic nitrogens is 3. The molecule has 3 heterocycles. The Morgan fingerprint density at radius 3 is 2.61 bits per heavy atom. The Kier molecular flexibility index (Phi) is 9.60. The molecule has 236 valence electrons. The second-order valence-corrected chi connectivity index (χ2v) is 20.3. The first-order chi connectivity index (χ1) is 20.7. The molecule has 0 spiro atoms. The number of rotatable bonds is 10. The number of piperidine rings is 1. The Hall–Kier alpha value is -2.73. The molecule has 2 aromatic heterocycles. The fourth-order valence-corrected chi connectivity index (χ4v) is 7.13. The van der Waals surface area contributed by atoms with Crippen LogP contribution in [0.3, 0.4) is 0 Å². The van der Waals surface area contributed by atoms with E-state index in [-0.39, 0.29) is 28.1 Å². The summed E-state index contributed by atoms with van der Waals surface area (Å²) < 4.78 is 48.7. The molecule has 2 atom stereocenters. The number of aromatic amines is 1. The van der Waals surface area contributed by atoms with Gasteiger partial charge in [0.05, 0.1) is 5.69 Å². The first-order valence-corrected chi connectivity index (χ1v) is 19.6. The molecule has 1 aliphatic heterocycles. The largest absolute Gasteiger partial charge is 0.419 e. The molecule has 44 heavy (non-hydrogen) atoms. The van der Waals surface area contributed by atoms with Gasteiger partial charge in [-0.2, -0.15) is 13.2 Å². The summed E-state index contributed by atoms with van der Waals surface area (Å²) in [6, 6.07) is 16.9. The predicted octanol–water partition coefficient (Wildman–Crippen LogP) is 9.10. The summed E-state index contributed by atoms with van der Waals surface area (Å²) in [6.45, 7) is 14.4. The summed E-state index contributed by atoms with van der Waals surface area (Å²) in [5.41, 5.74) is 2.21. The molecule has 1 fully saturated rings. The number of alkyl halides is 4. The SMILES string of the molecule is CC1(C)CC(Nc2ncc(C(F)(F)F)c(-c3c[nH]c4cc(C(Br)OCC[Si](C)(C)C)ccc34)n2)CN(Cc2ccccc2)C1. The number of anilines is 1. The number of nitrogens with zero attached hydrogens (tertiary/aromatic N) is 3. The molecule has 0 radical (unpaired) electrons. The Labute approximate surface area is 267 Å². The van der Waals surface area contributed by atoms with Crippen LogP contribution in [0.5, 0.6) is 0 Å². The van der Waals surface area contributed by atoms with Crippen LogP contribution in [-0.2, 0) is 17.5 Å². The van der Waals surface area contributed by atoms with Gasteiger partial charge < -0.3 is 15.0 Å². The van der Waals surface area contributed by atoms with E-state index in [9.17, 15) is 13.2 Å². The molecular weight excluding hydrogens is 647 g/mol. The molecule has 4 aromatic rings. The number of hydrogen-bond donors (Lipinski definition) is 2. The molecule has 2 N–H and O–H groups in total. The molecule has 0 bridgehead atoms. The van der Waals surface area contributed by atoms with Gasteiger partial charge >= 0.3 is 6.18 Å². The van der Waals surface area contributed by atoms with Gasteiger partial charge in [-0.3, -0.25) is 4.90 Å². The number of hydrogen-bond acceptors (Lipinski definition) is 5. The molecule has 1 aliphatic rings. The summed E-state index contributed by atoms with van der Waals surface area (Å²) in [6.07, 6.45) is -1.27. The molecule has 5 rings (SSSR count). The van der Waals surface area contributed by atoms with E-state index >= 15 is 0 Å². The van der Waals surface area contributed by atoms with Crippen LogP contribution < -0.4 is 5.32 Å². The quantitative estimate of drug-likeness (QED) is 0.129. The van der Waals surface area contributed by atoms with Gasteiger partial charge in [0.1, 0.15) is 10.6 Å². The Bertz CT molecular complexity index is 1570. The topological polar surface area (TPSA) is 66.1 Å². The van der Waals surface area contributed by atoms with Gasteiger partial charge in [0.15, 0.2) is 0 Å². The fourth-order valence-electron chi connectivity index (χ4n) is 5.93. The predicted molar refractivity (Wildman–Crippen MR) is 178 cm³/mol. The van der Waals surface area contributed by atoms with Crippen LogP contribution in [0.25, 0.3) is 22.2 Å². The molecule has 6 nitrogen and oxygen atoms in total. The van der Waals surface area contributed by atoms with Crippen LogP contribution in [-0.4, -0.2) is 53.7 Å². The van der Waals surface area contributed by atoms with Gasteiger partial charge in [0.25, 0.3) is 0 Å². The molecule has 2 unspecified atom stereocenters. The molecule has 0 saturated carbocycles. The minimum atomic E-state index is -4.61. The van der Waals surface area contributed by atoms with Crippen LogP contribution in [0.1, 0.15) is 42.0 Å². The van der Waals surface area contributed by atoms with Gasteiger partial charge in [0, 0.05) is 69.2 Å². The molecular formula is C33H41BrF3N5OSi. The number of likely N-dealkylation sites (tertiary alicyclic amines) is 1. The summed E-state index contributed by atoms with van der Waals surface area (Å²) in [5.74, 6) is 0.192. The van der Waals surface area contributed by atoms with E-state index in [1.54, 1.807) is 6.20 Å². The second-order valence-electron chi connectivity index (χ2n) is 13.8. The lowest BCUT2D eigenvalue weighted by molar-refractivity contribution is -0.137. The van der Waals surface area contributed by atoms with Crippen molar-refractivity contribution < 1.29 is 17.9 Å². The van der Waals surface area contributed by atoms with E-state index in [0.717, 1.165) is 43.9 Å². The van der Waals surface area contributed by atoms with E-state index in [1.165, 1.54) is 5.56 Å². The van der Waals surface area contributed by atoms with Gasteiger partial charge in [-0.25, -0.2) is 9.97 Å². The summed E-state index contributed by atoms with van der Waals surface area (Å²) in [4.78, 5) is 14.2. The highest BCUT2D eigenvalue weighted by atomic mass is 79.9. The monoisotopic (exact) mass is 687 g/mol. The van der Waals surface area contributed by atoms with Gasteiger partial charge in [0.2, 0.25) is 5.95 Å². The average Bonchev–Trinajstić information content (AvgIpc) is 3.34. The lowest BCUT2D eigenvalue weighted by Gasteiger charge is -2.42. The number of ether oxygens (including phenoxy) is 1. The van der Waals surface area contributed by atoms with E-state index < -0.39 is 19.8 Å². The zero-order chi connectivity index (χ0) is 31.7. The van der Waals surface area contributed by atoms with Crippen molar-refractivity contribution in [3.63, 3.8) is 0 Å². The second kappa shape index (κ2) is 12.9. The molecule has 11 heteroatoms. The third-order valence-corrected chi connectivity index (χ3v) is 10.4. The number of nitrogens with one attached hydrogen (secondary N) is 2. The van der Waals surface area contributed by atoms with Gasteiger partial charge in [-0.15, -0.1) is 0 Å². The highest BCUT2D eigenvalue weighted by Gasteiger charge is 2.37. The van der Waals surface area contributed by atoms with Gasteiger partial charge in [-0.1, -0.05) is 91.9 Å². The standard InChI is InChI=1S/C33H41BrF3N5OSi/c1-32(2)16-24(20-42(21-32)19-22-9-7-6-8-10-22)40-31-39-18-27(33(35,36)37)29(41-31)26-17-38-28-15-23(11-12-25(26)28)30(34)43-13-14-44(3,4)5/h6-12,15,17-18,24,30,38H,13-14,16,19-21H2,1-5H3,(H,39,40,41). The zero-order valence-corrected chi connectivity index (χ0v) is 28.5. The van der Waals surface area contributed by atoms with Crippen molar-refractivity contribution in [3.8, 4) is 11.3 Å². The maximum atomic E-state index is 14.2. The Morgan fingerprint density at radius 2 is 1.91 bits per heavy atom. The molecule has 2 aromatic carbocycles. The van der Waals surface area contributed by atoms with Crippen molar-refractivity contribution in [1.29, 1.82) is 0 Å².